The van der Waals surface area contributed by atoms with E-state index in [0.29, 0.717) is 17.7 Å². The Labute approximate surface area is 163 Å². The third-order valence-electron chi connectivity index (χ3n) is 4.09. The third-order valence-corrected chi connectivity index (χ3v) is 5.15. The summed E-state index contributed by atoms with van der Waals surface area (Å²) in [7, 11) is -2.07. The minimum absolute atomic E-state index is 0.256. The number of nitrogens with zero attached hydrogens (tertiary/aromatic N) is 4. The molecule has 0 spiro atoms. The Morgan fingerprint density at radius 1 is 1.32 bits per heavy atom. The number of nitrogens with one attached hydrogen (secondary N) is 2. The Morgan fingerprint density at radius 3 is 2.86 bits per heavy atom. The highest BCUT2D eigenvalue weighted by Crippen LogP contribution is 2.24. The summed E-state index contributed by atoms with van der Waals surface area (Å²) in [5.74, 6) is -0.0180. The van der Waals surface area contributed by atoms with E-state index >= 15 is 0 Å². The molecule has 28 heavy (non-hydrogen) atoms. The molecule has 10 heteroatoms. The highest BCUT2D eigenvalue weighted by molar-refractivity contribution is 7.88. The Kier molecular flexibility index (Phi) is 5.61. The highest BCUT2D eigenvalue weighted by atomic mass is 32.2. The Balaban J connectivity index is 1.92. The Bertz CT molecular complexity index is 1140. The van der Waals surface area contributed by atoms with Crippen LogP contribution in [0.15, 0.2) is 36.7 Å². The summed E-state index contributed by atoms with van der Waals surface area (Å²) in [6, 6.07) is 5.76. The van der Waals surface area contributed by atoms with Gasteiger partial charge in [-0.25, -0.2) is 9.71 Å². The summed E-state index contributed by atoms with van der Waals surface area (Å²) in [4.78, 5) is 16.5. The van der Waals surface area contributed by atoms with Crippen molar-refractivity contribution in [3.8, 4) is 5.82 Å². The number of aromatic nitrogens is 4. The summed E-state index contributed by atoms with van der Waals surface area (Å²) in [5.41, 5.74) is 2.15. The van der Waals surface area contributed by atoms with Crippen molar-refractivity contribution in [3.05, 3.63) is 47.9 Å². The normalized spacial score (nSPS) is 12.1. The molecular formula is C18H22N6O3S. The number of fused-ring (bicyclic) bond motifs is 1. The molecule has 148 valence electrons. The lowest BCUT2D eigenvalue weighted by molar-refractivity contribution is -0.114. The van der Waals surface area contributed by atoms with Crippen LogP contribution in [-0.4, -0.2) is 40.2 Å². The average Bonchev–Trinajstić information content (AvgIpc) is 3.17. The maximum atomic E-state index is 12.1. The van der Waals surface area contributed by atoms with Crippen LogP contribution >= 0.6 is 0 Å². The molecule has 3 aromatic heterocycles. The van der Waals surface area contributed by atoms with E-state index < -0.39 is 16.1 Å². The van der Waals surface area contributed by atoms with Gasteiger partial charge in [0.25, 0.3) is 5.91 Å². The van der Waals surface area contributed by atoms with Gasteiger partial charge in [0.1, 0.15) is 11.5 Å². The fourth-order valence-corrected chi connectivity index (χ4v) is 3.76. The molecule has 0 atom stereocenters. The number of hydrogen-bond acceptors (Lipinski definition) is 5. The zero-order chi connectivity index (χ0) is 20.3. The molecule has 0 fully saturated rings. The minimum atomic E-state index is -3.87. The lowest BCUT2D eigenvalue weighted by Gasteiger charge is -2.07. The van der Waals surface area contributed by atoms with Gasteiger partial charge in [-0.3, -0.25) is 14.0 Å². The fraction of sp³-hybridized carbons (Fsp3) is 0.278. The second kappa shape index (κ2) is 7.95. The molecule has 0 radical (unpaired) electrons. The lowest BCUT2D eigenvalue weighted by Crippen LogP contribution is -2.39. The molecule has 0 bridgehead atoms. The van der Waals surface area contributed by atoms with Crippen LogP contribution in [0.5, 0.6) is 0 Å². The smallest absolute Gasteiger partial charge is 0.285 e. The monoisotopic (exact) mass is 402 g/mol. The van der Waals surface area contributed by atoms with Crippen LogP contribution in [0.2, 0.25) is 0 Å². The summed E-state index contributed by atoms with van der Waals surface area (Å²) in [6.07, 6.45) is 6.95. The molecule has 3 rings (SSSR count). The maximum Gasteiger partial charge on any atom is 0.301 e. The molecule has 0 saturated heterocycles. The molecular weight excluding hydrogens is 380 g/mol. The second-order valence-corrected chi connectivity index (χ2v) is 7.75. The van der Waals surface area contributed by atoms with E-state index in [0.717, 1.165) is 16.9 Å². The summed E-state index contributed by atoms with van der Waals surface area (Å²) in [5, 5.41) is 5.40. The first kappa shape index (κ1) is 19.8. The zero-order valence-electron chi connectivity index (χ0n) is 15.9. The molecule has 3 heterocycles. The molecule has 3 aromatic rings. The summed E-state index contributed by atoms with van der Waals surface area (Å²) < 4.78 is 31.4. The quantitative estimate of drug-likeness (QED) is 0.581. The molecule has 0 aliphatic carbocycles. The number of rotatable bonds is 7. The first-order chi connectivity index (χ1) is 13.3. The molecule has 1 amide bonds. The van der Waals surface area contributed by atoms with Crippen molar-refractivity contribution in [1.82, 2.24) is 28.8 Å². The second-order valence-electron chi connectivity index (χ2n) is 6.25. The first-order valence-corrected chi connectivity index (χ1v) is 10.3. The Morgan fingerprint density at radius 2 is 2.11 bits per heavy atom. The van der Waals surface area contributed by atoms with Crippen LogP contribution < -0.4 is 9.44 Å². The Hall–Kier alpha value is -2.98. The zero-order valence-corrected chi connectivity index (χ0v) is 16.7. The van der Waals surface area contributed by atoms with Gasteiger partial charge in [-0.2, -0.15) is 18.2 Å². The third kappa shape index (κ3) is 4.12. The van der Waals surface area contributed by atoms with Gasteiger partial charge >= 0.3 is 10.2 Å². The van der Waals surface area contributed by atoms with Crippen LogP contribution in [0.1, 0.15) is 24.6 Å². The standard InChI is InChI=1S/C18H22N6O3S/c1-4-10-20-28(26,27)22-16(25)8-7-15-13(2)21-23(3)18(15)24-12-9-14-6-5-11-19-17(14)24/h5-9,11-12,20H,4,10H2,1-3H3,(H,22,25). The molecule has 0 aromatic carbocycles. The van der Waals surface area contributed by atoms with Crippen LogP contribution in [0, 0.1) is 6.92 Å². The molecule has 0 aliphatic heterocycles. The maximum absolute atomic E-state index is 12.1. The van der Waals surface area contributed by atoms with Crippen molar-refractivity contribution in [2.45, 2.75) is 20.3 Å². The van der Waals surface area contributed by atoms with Crippen molar-refractivity contribution < 1.29 is 13.2 Å². The van der Waals surface area contributed by atoms with Crippen LogP contribution in [0.25, 0.3) is 22.9 Å². The van der Waals surface area contributed by atoms with E-state index in [2.05, 4.69) is 14.8 Å². The van der Waals surface area contributed by atoms with Gasteiger partial charge in [-0.05, 0) is 37.6 Å². The number of amides is 1. The lowest BCUT2D eigenvalue weighted by atomic mass is 10.2. The van der Waals surface area contributed by atoms with E-state index in [1.165, 1.54) is 6.08 Å². The number of hydrogen-bond donors (Lipinski definition) is 2. The number of carbonyl (C=O) groups excluding carboxylic acids is 1. The number of aryl methyl sites for hydroxylation is 2. The summed E-state index contributed by atoms with van der Waals surface area (Å²) in [6.45, 7) is 3.91. The van der Waals surface area contributed by atoms with Crippen LogP contribution in [0.4, 0.5) is 0 Å². The van der Waals surface area contributed by atoms with Gasteiger partial charge in [-0.15, -0.1) is 0 Å². The van der Waals surface area contributed by atoms with Crippen molar-refractivity contribution in [3.63, 3.8) is 0 Å². The van der Waals surface area contributed by atoms with Crippen molar-refractivity contribution >= 4 is 33.2 Å². The number of carbonyl (C=O) groups is 1. The fourth-order valence-electron chi connectivity index (χ4n) is 2.88. The molecule has 9 nitrogen and oxygen atoms in total. The number of pyridine rings is 1. The van der Waals surface area contributed by atoms with Gasteiger partial charge in [0.05, 0.1) is 5.69 Å². The molecule has 2 N–H and O–H groups in total. The van der Waals surface area contributed by atoms with E-state index in [4.69, 9.17) is 0 Å². The minimum Gasteiger partial charge on any atom is -0.285 e. The first-order valence-electron chi connectivity index (χ1n) is 8.78. The van der Waals surface area contributed by atoms with Crippen LogP contribution in [0.3, 0.4) is 0 Å². The van der Waals surface area contributed by atoms with Gasteiger partial charge in [0, 0.05) is 43.0 Å². The van der Waals surface area contributed by atoms with Crippen LogP contribution in [-0.2, 0) is 22.1 Å². The summed E-state index contributed by atoms with van der Waals surface area (Å²) >= 11 is 0. The van der Waals surface area contributed by atoms with Gasteiger partial charge in [0.15, 0.2) is 0 Å². The van der Waals surface area contributed by atoms with E-state index in [1.54, 1.807) is 24.0 Å². The van der Waals surface area contributed by atoms with E-state index in [1.807, 2.05) is 47.5 Å². The van der Waals surface area contributed by atoms with Crippen molar-refractivity contribution in [2.24, 2.45) is 7.05 Å². The topological polar surface area (TPSA) is 111 Å². The molecule has 0 unspecified atom stereocenters. The van der Waals surface area contributed by atoms with Crippen molar-refractivity contribution in [2.75, 3.05) is 6.54 Å². The largest absolute Gasteiger partial charge is 0.301 e. The van der Waals surface area contributed by atoms with E-state index in [-0.39, 0.29) is 6.54 Å². The van der Waals surface area contributed by atoms with Gasteiger partial charge in [0.2, 0.25) is 0 Å². The predicted octanol–water partition coefficient (Wildman–Crippen LogP) is 1.44. The van der Waals surface area contributed by atoms with E-state index in [9.17, 15) is 13.2 Å². The average molecular weight is 402 g/mol. The van der Waals surface area contributed by atoms with Gasteiger partial charge in [-0.1, -0.05) is 6.92 Å². The van der Waals surface area contributed by atoms with Gasteiger partial charge < -0.3 is 0 Å². The highest BCUT2D eigenvalue weighted by Gasteiger charge is 2.16. The molecule has 0 saturated carbocycles. The molecule has 0 aliphatic rings. The van der Waals surface area contributed by atoms with Crippen molar-refractivity contribution in [1.29, 1.82) is 0 Å². The predicted molar refractivity (Wildman–Crippen MR) is 107 cm³/mol. The SMILES string of the molecule is CCCNS(=O)(=O)NC(=O)C=Cc1c(C)nn(C)c1-n1ccc2cccnc21.